The van der Waals surface area contributed by atoms with Gasteiger partial charge in [-0.25, -0.2) is 8.42 Å². The highest BCUT2D eigenvalue weighted by Crippen LogP contribution is 1.99. The van der Waals surface area contributed by atoms with Gasteiger partial charge in [0, 0.05) is 20.0 Å². The summed E-state index contributed by atoms with van der Waals surface area (Å²) in [5.41, 5.74) is 0. The number of methoxy groups -OCH3 is 1. The second-order valence-electron chi connectivity index (χ2n) is 3.64. The van der Waals surface area contributed by atoms with Crippen LogP contribution in [-0.2, 0) is 24.2 Å². The fraction of sp³-hybridized carbons (Fsp3) is 0.700. The molecule has 0 fully saturated rings. The summed E-state index contributed by atoms with van der Waals surface area (Å²) in [7, 11) is -1.04. The largest absolute Gasteiger partial charge is 0.468 e. The van der Waals surface area contributed by atoms with Gasteiger partial charge in [-0.05, 0) is 0 Å². The van der Waals surface area contributed by atoms with E-state index in [2.05, 4.69) is 4.74 Å². The predicted molar refractivity (Wildman–Crippen MR) is 63.2 cm³/mol. The zero-order valence-electron chi connectivity index (χ0n) is 10.4. The Hall–Kier alpha value is -1.62. The third kappa shape index (κ3) is 6.85. The Morgan fingerprint density at radius 3 is 2.50 bits per heavy atom. The Bertz CT molecular complexity index is 438. The topological polar surface area (TPSA) is 105 Å². The first kappa shape index (κ1) is 16.4. The lowest BCUT2D eigenvalue weighted by Crippen LogP contribution is -2.30. The molecular formula is C10H16N2O5S. The van der Waals surface area contributed by atoms with Crippen LogP contribution in [0.1, 0.15) is 12.8 Å². The monoisotopic (exact) mass is 276 g/mol. The summed E-state index contributed by atoms with van der Waals surface area (Å²) in [6.07, 6.45) is -0.0155. The predicted octanol–water partition coefficient (Wildman–Crippen LogP) is -0.664. The van der Waals surface area contributed by atoms with E-state index >= 15 is 0 Å². The Balaban J connectivity index is 4.20. The van der Waals surface area contributed by atoms with Crippen molar-refractivity contribution >= 4 is 21.7 Å². The fourth-order valence-electron chi connectivity index (χ4n) is 1.09. The number of hydrogen-bond acceptors (Lipinski definition) is 6. The Morgan fingerprint density at radius 1 is 1.39 bits per heavy atom. The van der Waals surface area contributed by atoms with Crippen molar-refractivity contribution in [1.29, 1.82) is 5.26 Å². The van der Waals surface area contributed by atoms with Crippen molar-refractivity contribution in [2.75, 3.05) is 32.2 Å². The average Bonchev–Trinajstić information content (AvgIpc) is 2.32. The lowest BCUT2D eigenvalue weighted by Gasteiger charge is -2.15. The molecule has 0 aromatic rings. The van der Waals surface area contributed by atoms with Crippen molar-refractivity contribution in [2.24, 2.45) is 0 Å². The number of amides is 1. The lowest BCUT2D eigenvalue weighted by molar-refractivity contribution is -0.137. The first-order valence-corrected chi connectivity index (χ1v) is 7.02. The Kier molecular flexibility index (Phi) is 6.97. The highest BCUT2D eigenvalue weighted by atomic mass is 32.2. The maximum absolute atomic E-state index is 11.5. The van der Waals surface area contributed by atoms with E-state index in [0.717, 1.165) is 7.11 Å². The molecule has 7 nitrogen and oxygen atoms in total. The van der Waals surface area contributed by atoms with Gasteiger partial charge < -0.3 is 9.64 Å². The lowest BCUT2D eigenvalue weighted by atomic mass is 10.3. The number of carbonyl (C=O) groups excluding carboxylic acids is 2. The van der Waals surface area contributed by atoms with Crippen LogP contribution >= 0.6 is 0 Å². The molecule has 0 rings (SSSR count). The van der Waals surface area contributed by atoms with Crippen LogP contribution in [0, 0.1) is 11.3 Å². The van der Waals surface area contributed by atoms with E-state index in [1.165, 1.54) is 11.9 Å². The molecule has 0 aliphatic heterocycles. The van der Waals surface area contributed by atoms with Crippen LogP contribution in [0.25, 0.3) is 0 Å². The third-order valence-electron chi connectivity index (χ3n) is 2.18. The highest BCUT2D eigenvalue weighted by Gasteiger charge is 2.19. The van der Waals surface area contributed by atoms with Crippen LogP contribution in [0.4, 0.5) is 0 Å². The molecule has 0 spiro atoms. The molecule has 0 unspecified atom stereocenters. The first-order valence-electron chi connectivity index (χ1n) is 5.20. The number of sulfone groups is 1. The van der Waals surface area contributed by atoms with E-state index < -0.39 is 27.3 Å². The van der Waals surface area contributed by atoms with Crippen LogP contribution in [0.2, 0.25) is 0 Å². The van der Waals surface area contributed by atoms with Gasteiger partial charge in [0.15, 0.2) is 9.84 Å². The van der Waals surface area contributed by atoms with Crippen LogP contribution in [0.3, 0.4) is 0 Å². The van der Waals surface area contributed by atoms with Gasteiger partial charge in [0.1, 0.15) is 5.75 Å². The van der Waals surface area contributed by atoms with Gasteiger partial charge in [0.2, 0.25) is 5.91 Å². The van der Waals surface area contributed by atoms with E-state index in [1.54, 1.807) is 0 Å². The number of ether oxygens (including phenoxy) is 1. The highest BCUT2D eigenvalue weighted by molar-refractivity contribution is 7.92. The molecule has 1 amide bonds. The molecule has 0 aromatic carbocycles. The third-order valence-corrected chi connectivity index (χ3v) is 3.68. The number of carbonyl (C=O) groups is 2. The molecule has 0 bridgehead atoms. The summed E-state index contributed by atoms with van der Waals surface area (Å²) < 4.78 is 27.1. The molecule has 18 heavy (non-hydrogen) atoms. The molecule has 0 radical (unpaired) electrons. The quantitative estimate of drug-likeness (QED) is 0.571. The van der Waals surface area contributed by atoms with Crippen molar-refractivity contribution in [3.8, 4) is 6.07 Å². The minimum absolute atomic E-state index is 0.192. The molecular weight excluding hydrogens is 260 g/mol. The van der Waals surface area contributed by atoms with Gasteiger partial charge in [-0.3, -0.25) is 9.59 Å². The number of nitriles is 1. The van der Waals surface area contributed by atoms with Gasteiger partial charge in [-0.15, -0.1) is 0 Å². The van der Waals surface area contributed by atoms with Crippen molar-refractivity contribution in [3.63, 3.8) is 0 Å². The molecule has 102 valence electrons. The van der Waals surface area contributed by atoms with Crippen LogP contribution in [-0.4, -0.2) is 57.4 Å². The summed E-state index contributed by atoms with van der Waals surface area (Å²) in [5, 5.41) is 8.35. The van der Waals surface area contributed by atoms with Gasteiger partial charge in [-0.2, -0.15) is 5.26 Å². The van der Waals surface area contributed by atoms with E-state index in [0.29, 0.717) is 0 Å². The molecule has 0 aliphatic carbocycles. The molecule has 0 N–H and O–H groups in total. The number of rotatable bonds is 7. The summed E-state index contributed by atoms with van der Waals surface area (Å²) in [5.74, 6) is -2.35. The van der Waals surface area contributed by atoms with E-state index in [4.69, 9.17) is 5.26 Å². The standard InChI is InChI=1S/C10H16N2O5S/c1-12(6-3-5-11)9(13)4-7-18(15,16)8-10(14)17-2/h3-4,6-8H2,1-2H3. The normalized spacial score (nSPS) is 10.5. The number of hydrogen-bond donors (Lipinski definition) is 0. The van der Waals surface area contributed by atoms with Crippen molar-refractivity contribution < 1.29 is 22.7 Å². The number of esters is 1. The molecule has 0 aromatic heterocycles. The summed E-state index contributed by atoms with van der Waals surface area (Å²) in [4.78, 5) is 23.6. The zero-order valence-corrected chi connectivity index (χ0v) is 11.2. The minimum atomic E-state index is -3.63. The second kappa shape index (κ2) is 7.66. The van der Waals surface area contributed by atoms with E-state index in [9.17, 15) is 18.0 Å². The van der Waals surface area contributed by atoms with Crippen molar-refractivity contribution in [3.05, 3.63) is 0 Å². The molecule has 0 heterocycles. The summed E-state index contributed by atoms with van der Waals surface area (Å²) >= 11 is 0. The van der Waals surface area contributed by atoms with E-state index in [1.807, 2.05) is 6.07 Å². The Labute approximate surface area is 106 Å². The second-order valence-corrected chi connectivity index (χ2v) is 5.83. The zero-order chi connectivity index (χ0) is 14.2. The smallest absolute Gasteiger partial charge is 0.320 e. The molecule has 0 atom stereocenters. The SMILES string of the molecule is COC(=O)CS(=O)(=O)CCC(=O)N(C)CCC#N. The fourth-order valence-corrected chi connectivity index (χ4v) is 2.19. The van der Waals surface area contributed by atoms with Gasteiger partial charge in [0.25, 0.3) is 0 Å². The van der Waals surface area contributed by atoms with Crippen LogP contribution in [0.15, 0.2) is 0 Å². The van der Waals surface area contributed by atoms with Gasteiger partial charge in [0.05, 0.1) is 25.4 Å². The molecule has 8 heteroatoms. The van der Waals surface area contributed by atoms with Gasteiger partial charge in [-0.1, -0.05) is 0 Å². The van der Waals surface area contributed by atoms with Crippen LogP contribution in [0.5, 0.6) is 0 Å². The van der Waals surface area contributed by atoms with E-state index in [-0.39, 0.29) is 25.3 Å². The summed E-state index contributed by atoms with van der Waals surface area (Å²) in [6, 6.07) is 1.89. The molecule has 0 saturated carbocycles. The van der Waals surface area contributed by atoms with Crippen molar-refractivity contribution in [2.45, 2.75) is 12.8 Å². The van der Waals surface area contributed by atoms with Gasteiger partial charge >= 0.3 is 5.97 Å². The summed E-state index contributed by atoms with van der Waals surface area (Å²) in [6.45, 7) is 0.256. The van der Waals surface area contributed by atoms with Crippen LogP contribution < -0.4 is 0 Å². The minimum Gasteiger partial charge on any atom is -0.468 e. The average molecular weight is 276 g/mol. The maximum Gasteiger partial charge on any atom is 0.320 e. The van der Waals surface area contributed by atoms with Crippen molar-refractivity contribution in [1.82, 2.24) is 4.90 Å². The molecule has 0 aliphatic rings. The first-order chi connectivity index (χ1) is 8.32. The Morgan fingerprint density at radius 2 is 2.00 bits per heavy atom. The molecule has 0 saturated heterocycles. The maximum atomic E-state index is 11.5. The number of nitrogens with zero attached hydrogens (tertiary/aromatic N) is 2.